The van der Waals surface area contributed by atoms with E-state index in [1.807, 2.05) is 25.1 Å². The van der Waals surface area contributed by atoms with Gasteiger partial charge in [0.05, 0.1) is 21.7 Å². The van der Waals surface area contributed by atoms with Crippen molar-refractivity contribution in [2.45, 2.75) is 18.2 Å². The third-order valence-electron chi connectivity index (χ3n) is 2.79. The third kappa shape index (κ3) is 4.39. The molecule has 1 N–H and O–H groups in total. The molecule has 21 heavy (non-hydrogen) atoms. The van der Waals surface area contributed by atoms with Gasteiger partial charge >= 0.3 is 0 Å². The Labute approximate surface area is 135 Å². The quantitative estimate of drug-likeness (QED) is 0.597. The van der Waals surface area contributed by atoms with Crippen molar-refractivity contribution in [2.24, 2.45) is 0 Å². The minimum Gasteiger partial charge on any atom is -0.491 e. The highest BCUT2D eigenvalue weighted by atomic mass is 79.9. The number of benzene rings is 1. The van der Waals surface area contributed by atoms with E-state index in [4.69, 9.17) is 9.47 Å². The summed E-state index contributed by atoms with van der Waals surface area (Å²) in [7, 11) is 1.64. The number of halogens is 1. The molecule has 2 rings (SSSR count). The van der Waals surface area contributed by atoms with Gasteiger partial charge in [0.1, 0.15) is 12.4 Å². The Morgan fingerprint density at radius 1 is 1.48 bits per heavy atom. The molecular weight excluding hydrogens is 356 g/mol. The molecule has 1 aromatic heterocycles. The summed E-state index contributed by atoms with van der Waals surface area (Å²) in [4.78, 5) is 16.0. The molecular formula is C14H17BrN2O3S. The Hall–Kier alpha value is -1.18. The van der Waals surface area contributed by atoms with Crippen LogP contribution in [-0.4, -0.2) is 36.0 Å². The van der Waals surface area contributed by atoms with Crippen LogP contribution < -0.4 is 10.1 Å². The molecule has 0 saturated carbocycles. The molecule has 0 fully saturated rings. The van der Waals surface area contributed by atoms with Crippen molar-refractivity contribution in [3.05, 3.63) is 18.2 Å². The Bertz CT molecular complexity index is 617. The fraction of sp³-hybridized carbons (Fsp3) is 0.429. The predicted molar refractivity (Wildman–Crippen MR) is 88.6 cm³/mol. The van der Waals surface area contributed by atoms with E-state index in [9.17, 15) is 4.79 Å². The summed E-state index contributed by atoms with van der Waals surface area (Å²) < 4.78 is 11.5. The number of alkyl halides is 1. The van der Waals surface area contributed by atoms with Crippen molar-refractivity contribution in [3.63, 3.8) is 0 Å². The highest BCUT2D eigenvalue weighted by molar-refractivity contribution is 9.10. The number of carbonyl (C=O) groups is 1. The first-order valence-corrected chi connectivity index (χ1v) is 8.34. The van der Waals surface area contributed by atoms with Crippen LogP contribution in [0.25, 0.3) is 10.2 Å². The zero-order valence-corrected chi connectivity index (χ0v) is 14.3. The standard InChI is InChI=1S/C14H17BrN2O3S/c1-3-10(15)13(18)17-14-16-11-5-4-9(8-12(11)21-14)20-7-6-19-2/h4-5,8,10H,3,6-7H2,1-2H3,(H,16,17,18)/t10-/m0/s1. The van der Waals surface area contributed by atoms with Crippen LogP contribution in [0.15, 0.2) is 18.2 Å². The van der Waals surface area contributed by atoms with Crippen LogP contribution in [-0.2, 0) is 9.53 Å². The summed E-state index contributed by atoms with van der Waals surface area (Å²) in [5.74, 6) is 0.695. The molecule has 0 aliphatic rings. The Kier molecular flexibility index (Phi) is 5.96. The SMILES string of the molecule is CC[C@H](Br)C(=O)Nc1nc2ccc(OCCOC)cc2s1. The van der Waals surface area contributed by atoms with Crippen molar-refractivity contribution < 1.29 is 14.3 Å². The molecule has 0 aliphatic carbocycles. The molecule has 1 aromatic carbocycles. The molecule has 1 amide bonds. The largest absolute Gasteiger partial charge is 0.491 e. The number of thiazole rings is 1. The summed E-state index contributed by atoms with van der Waals surface area (Å²) in [6.07, 6.45) is 0.730. The van der Waals surface area contributed by atoms with Crippen LogP contribution in [0.4, 0.5) is 5.13 Å². The monoisotopic (exact) mass is 372 g/mol. The van der Waals surface area contributed by atoms with E-state index in [0.29, 0.717) is 18.3 Å². The molecule has 0 aliphatic heterocycles. The van der Waals surface area contributed by atoms with E-state index < -0.39 is 0 Å². The van der Waals surface area contributed by atoms with Crippen LogP contribution in [0.3, 0.4) is 0 Å². The molecule has 1 atom stereocenters. The average molecular weight is 373 g/mol. The van der Waals surface area contributed by atoms with Gasteiger partial charge in [0.25, 0.3) is 0 Å². The second-order valence-electron chi connectivity index (χ2n) is 4.35. The van der Waals surface area contributed by atoms with E-state index in [1.165, 1.54) is 11.3 Å². The van der Waals surface area contributed by atoms with Crippen molar-refractivity contribution in [3.8, 4) is 5.75 Å². The molecule has 7 heteroatoms. The molecule has 5 nitrogen and oxygen atoms in total. The minimum atomic E-state index is -0.197. The molecule has 0 unspecified atom stereocenters. The first kappa shape index (κ1) is 16.2. The van der Waals surface area contributed by atoms with Gasteiger partial charge in [-0.05, 0) is 24.6 Å². The third-order valence-corrected chi connectivity index (χ3v) is 4.79. The maximum atomic E-state index is 11.8. The minimum absolute atomic E-state index is 0.0758. The van der Waals surface area contributed by atoms with Crippen LogP contribution >= 0.6 is 27.3 Å². The lowest BCUT2D eigenvalue weighted by Gasteiger charge is -2.04. The Morgan fingerprint density at radius 2 is 2.29 bits per heavy atom. The second kappa shape index (κ2) is 7.72. The summed E-state index contributed by atoms with van der Waals surface area (Å²) in [6.45, 7) is 3.00. The van der Waals surface area contributed by atoms with E-state index in [0.717, 1.165) is 22.4 Å². The molecule has 0 saturated heterocycles. The molecule has 2 aromatic rings. The summed E-state index contributed by atoms with van der Waals surface area (Å²) >= 11 is 4.76. The second-order valence-corrected chi connectivity index (χ2v) is 6.49. The van der Waals surface area contributed by atoms with Gasteiger partial charge in [-0.1, -0.05) is 34.2 Å². The van der Waals surface area contributed by atoms with Gasteiger partial charge in [-0.25, -0.2) is 4.98 Å². The number of nitrogens with zero attached hydrogens (tertiary/aromatic N) is 1. The van der Waals surface area contributed by atoms with Crippen molar-refractivity contribution in [1.82, 2.24) is 4.98 Å². The zero-order chi connectivity index (χ0) is 15.2. The number of fused-ring (bicyclic) bond motifs is 1. The molecule has 0 bridgehead atoms. The van der Waals surface area contributed by atoms with E-state index in [2.05, 4.69) is 26.2 Å². The van der Waals surface area contributed by atoms with E-state index in [-0.39, 0.29) is 10.7 Å². The average Bonchev–Trinajstić information content (AvgIpc) is 2.88. The zero-order valence-electron chi connectivity index (χ0n) is 11.9. The fourth-order valence-corrected chi connectivity index (χ4v) is 2.67. The number of methoxy groups -OCH3 is 1. The highest BCUT2D eigenvalue weighted by Crippen LogP contribution is 2.29. The summed E-state index contributed by atoms with van der Waals surface area (Å²) in [6, 6.07) is 5.67. The lowest BCUT2D eigenvalue weighted by molar-refractivity contribution is -0.115. The summed E-state index contributed by atoms with van der Waals surface area (Å²) in [5, 5.41) is 3.41. The number of aromatic nitrogens is 1. The summed E-state index contributed by atoms with van der Waals surface area (Å²) in [5.41, 5.74) is 0.844. The van der Waals surface area contributed by atoms with Gasteiger partial charge in [0, 0.05) is 7.11 Å². The number of hydrogen-bond donors (Lipinski definition) is 1. The van der Waals surface area contributed by atoms with Gasteiger partial charge in [-0.15, -0.1) is 0 Å². The normalized spacial score (nSPS) is 12.3. The fourth-order valence-electron chi connectivity index (χ4n) is 1.66. The molecule has 1 heterocycles. The van der Waals surface area contributed by atoms with Crippen LogP contribution in [0.5, 0.6) is 5.75 Å². The number of ether oxygens (including phenoxy) is 2. The number of hydrogen-bond acceptors (Lipinski definition) is 5. The smallest absolute Gasteiger partial charge is 0.239 e. The molecule has 0 radical (unpaired) electrons. The molecule has 114 valence electrons. The van der Waals surface area contributed by atoms with Gasteiger partial charge in [0.15, 0.2) is 5.13 Å². The van der Waals surface area contributed by atoms with E-state index >= 15 is 0 Å². The predicted octanol–water partition coefficient (Wildman–Crippen LogP) is 3.43. The Morgan fingerprint density at radius 3 is 3.00 bits per heavy atom. The first-order chi connectivity index (χ1) is 10.1. The van der Waals surface area contributed by atoms with Crippen molar-refractivity contribution in [1.29, 1.82) is 0 Å². The van der Waals surface area contributed by atoms with Crippen LogP contribution in [0.2, 0.25) is 0 Å². The number of amides is 1. The Balaban J connectivity index is 2.08. The van der Waals surface area contributed by atoms with Gasteiger partial charge < -0.3 is 14.8 Å². The number of nitrogens with one attached hydrogen (secondary N) is 1. The number of rotatable bonds is 7. The number of carbonyl (C=O) groups excluding carboxylic acids is 1. The van der Waals surface area contributed by atoms with Gasteiger partial charge in [0.2, 0.25) is 5.91 Å². The molecule has 0 spiro atoms. The van der Waals surface area contributed by atoms with Gasteiger partial charge in [-0.2, -0.15) is 0 Å². The first-order valence-electron chi connectivity index (χ1n) is 6.61. The number of anilines is 1. The topological polar surface area (TPSA) is 60.5 Å². The lowest BCUT2D eigenvalue weighted by atomic mass is 10.3. The highest BCUT2D eigenvalue weighted by Gasteiger charge is 2.14. The maximum absolute atomic E-state index is 11.8. The van der Waals surface area contributed by atoms with Crippen LogP contribution in [0.1, 0.15) is 13.3 Å². The lowest BCUT2D eigenvalue weighted by Crippen LogP contribution is -2.21. The van der Waals surface area contributed by atoms with E-state index in [1.54, 1.807) is 7.11 Å². The van der Waals surface area contributed by atoms with Crippen LogP contribution in [0, 0.1) is 0 Å². The van der Waals surface area contributed by atoms with Crippen molar-refractivity contribution in [2.75, 3.05) is 25.6 Å². The van der Waals surface area contributed by atoms with Crippen molar-refractivity contribution >= 4 is 48.5 Å². The maximum Gasteiger partial charge on any atom is 0.239 e. The van der Waals surface area contributed by atoms with Gasteiger partial charge in [-0.3, -0.25) is 4.79 Å².